The molecule has 0 saturated heterocycles. The molecule has 0 spiro atoms. The van der Waals surface area contributed by atoms with E-state index in [1.54, 1.807) is 13.0 Å². The Kier molecular flexibility index (Phi) is 6.34. The van der Waals surface area contributed by atoms with Gasteiger partial charge >= 0.3 is 5.97 Å². The molecule has 142 valence electrons. The lowest BCUT2D eigenvalue weighted by Crippen LogP contribution is -2.47. The fraction of sp³-hybridized carbons (Fsp3) is 0.579. The number of hydrogen-bond acceptors (Lipinski definition) is 5. The van der Waals surface area contributed by atoms with Crippen LogP contribution in [0.25, 0.3) is 0 Å². The zero-order valence-corrected chi connectivity index (χ0v) is 15.7. The maximum Gasteiger partial charge on any atom is 0.346 e. The molecule has 0 bridgehead atoms. The fourth-order valence-corrected chi connectivity index (χ4v) is 3.43. The lowest BCUT2D eigenvalue weighted by molar-refractivity contribution is -0.385. The molecule has 1 aromatic rings. The summed E-state index contributed by atoms with van der Waals surface area (Å²) in [5.41, 5.74) is 0.000628. The van der Waals surface area contributed by atoms with E-state index in [1.165, 1.54) is 19.1 Å². The van der Waals surface area contributed by atoms with E-state index in [9.17, 15) is 19.7 Å². The van der Waals surface area contributed by atoms with Crippen molar-refractivity contribution in [3.05, 3.63) is 39.4 Å². The summed E-state index contributed by atoms with van der Waals surface area (Å²) in [7, 11) is 0. The molecule has 1 fully saturated rings. The van der Waals surface area contributed by atoms with Crippen LogP contribution >= 0.6 is 0 Å². The number of ether oxygens (including phenoxy) is 1. The molecule has 2 rings (SSSR count). The van der Waals surface area contributed by atoms with Crippen LogP contribution in [0.15, 0.2) is 18.2 Å². The summed E-state index contributed by atoms with van der Waals surface area (Å²) < 4.78 is 5.22. The fourth-order valence-electron chi connectivity index (χ4n) is 3.43. The first-order valence-electron chi connectivity index (χ1n) is 8.97. The van der Waals surface area contributed by atoms with Gasteiger partial charge in [-0.15, -0.1) is 0 Å². The van der Waals surface area contributed by atoms with Gasteiger partial charge in [-0.2, -0.15) is 0 Å². The molecule has 26 heavy (non-hydrogen) atoms. The third kappa shape index (κ3) is 4.39. The van der Waals surface area contributed by atoms with Crippen molar-refractivity contribution in [3.8, 4) is 0 Å². The highest BCUT2D eigenvalue weighted by Crippen LogP contribution is 2.29. The normalized spacial score (nSPS) is 23.8. The number of carbonyl (C=O) groups is 2. The molecule has 0 aliphatic heterocycles. The maximum absolute atomic E-state index is 12.4. The molecule has 1 N–H and O–H groups in total. The summed E-state index contributed by atoms with van der Waals surface area (Å²) >= 11 is 0. The molecule has 0 aromatic heterocycles. The van der Waals surface area contributed by atoms with Crippen molar-refractivity contribution in [2.75, 3.05) is 0 Å². The predicted molar refractivity (Wildman–Crippen MR) is 96.8 cm³/mol. The van der Waals surface area contributed by atoms with Gasteiger partial charge in [0.25, 0.3) is 11.6 Å². The summed E-state index contributed by atoms with van der Waals surface area (Å²) in [6, 6.07) is 4.41. The number of nitrogens with one attached hydrogen (secondary N) is 1. The molecule has 7 heteroatoms. The summed E-state index contributed by atoms with van der Waals surface area (Å²) in [5.74, 6) is -0.349. The number of hydrogen-bond donors (Lipinski definition) is 1. The van der Waals surface area contributed by atoms with Crippen LogP contribution in [0.1, 0.15) is 56.0 Å². The Bertz CT molecular complexity index is 703. The lowest BCUT2D eigenvalue weighted by atomic mass is 9.78. The Labute approximate surface area is 153 Å². The lowest BCUT2D eigenvalue weighted by Gasteiger charge is -2.35. The third-order valence-electron chi connectivity index (χ3n) is 5.34. The monoisotopic (exact) mass is 362 g/mol. The van der Waals surface area contributed by atoms with Gasteiger partial charge in [-0.25, -0.2) is 4.79 Å². The first-order valence-corrected chi connectivity index (χ1v) is 8.97. The van der Waals surface area contributed by atoms with Gasteiger partial charge in [0.15, 0.2) is 6.10 Å². The molecule has 1 aromatic carbocycles. The molecule has 1 aliphatic rings. The van der Waals surface area contributed by atoms with Gasteiger partial charge in [-0.05, 0) is 37.7 Å². The SMILES string of the molecule is Cc1cccc([N+](=O)[O-])c1C(=O)O[C@H](C)C(=O)N[C@@H]1CCC[C@@H](C)[C@H]1C. The standard InChI is InChI=1S/C19H26N2O5/c1-11-7-5-9-15(13(11)3)20-18(22)14(4)26-19(23)17-12(2)8-6-10-16(17)21(24)25/h6,8,10-11,13-15H,5,7,9H2,1-4H3,(H,20,22)/t11-,13-,14-,15-/m1/s1. The smallest absolute Gasteiger partial charge is 0.346 e. The van der Waals surface area contributed by atoms with Crippen LogP contribution in [0.2, 0.25) is 0 Å². The Balaban J connectivity index is 2.05. The van der Waals surface area contributed by atoms with E-state index < -0.39 is 17.0 Å². The molecule has 0 radical (unpaired) electrons. The second-order valence-electron chi connectivity index (χ2n) is 7.16. The minimum absolute atomic E-state index is 0.0557. The summed E-state index contributed by atoms with van der Waals surface area (Å²) in [5, 5.41) is 14.1. The number of aryl methyl sites for hydroxylation is 1. The van der Waals surface area contributed by atoms with E-state index in [2.05, 4.69) is 19.2 Å². The molecule has 0 heterocycles. The first-order chi connectivity index (χ1) is 12.2. The van der Waals surface area contributed by atoms with Crippen molar-refractivity contribution < 1.29 is 19.2 Å². The third-order valence-corrected chi connectivity index (χ3v) is 5.34. The molecular weight excluding hydrogens is 336 g/mol. The maximum atomic E-state index is 12.4. The molecule has 4 atom stereocenters. The van der Waals surface area contributed by atoms with Gasteiger partial charge in [0.1, 0.15) is 5.56 Å². The van der Waals surface area contributed by atoms with Gasteiger partial charge < -0.3 is 10.1 Å². The number of esters is 1. The van der Waals surface area contributed by atoms with E-state index in [4.69, 9.17) is 4.74 Å². The van der Waals surface area contributed by atoms with Crippen LogP contribution in [-0.2, 0) is 9.53 Å². The predicted octanol–water partition coefficient (Wildman–Crippen LogP) is 3.39. The second-order valence-corrected chi connectivity index (χ2v) is 7.16. The molecule has 1 amide bonds. The Hall–Kier alpha value is -2.44. The van der Waals surface area contributed by atoms with Gasteiger partial charge in [0.2, 0.25) is 0 Å². The van der Waals surface area contributed by atoms with E-state index in [-0.39, 0.29) is 23.2 Å². The first kappa shape index (κ1) is 19.9. The highest BCUT2D eigenvalue weighted by molar-refractivity contribution is 5.97. The number of rotatable bonds is 5. The van der Waals surface area contributed by atoms with Crippen LogP contribution in [0.3, 0.4) is 0 Å². The summed E-state index contributed by atoms with van der Waals surface area (Å²) in [4.78, 5) is 35.3. The Morgan fingerprint density at radius 1 is 1.31 bits per heavy atom. The number of nitro benzene ring substituents is 1. The van der Waals surface area contributed by atoms with Gasteiger partial charge in [0.05, 0.1) is 4.92 Å². The highest BCUT2D eigenvalue weighted by Gasteiger charge is 2.31. The minimum atomic E-state index is -1.02. The van der Waals surface area contributed by atoms with Crippen molar-refractivity contribution in [1.29, 1.82) is 0 Å². The second kappa shape index (κ2) is 8.29. The average Bonchev–Trinajstić information content (AvgIpc) is 2.58. The highest BCUT2D eigenvalue weighted by atomic mass is 16.6. The number of carbonyl (C=O) groups excluding carboxylic acids is 2. The molecule has 7 nitrogen and oxygen atoms in total. The van der Waals surface area contributed by atoms with Crippen molar-refractivity contribution in [1.82, 2.24) is 5.32 Å². The molecule has 1 saturated carbocycles. The van der Waals surface area contributed by atoms with E-state index >= 15 is 0 Å². The zero-order chi connectivity index (χ0) is 19.4. The van der Waals surface area contributed by atoms with E-state index in [0.29, 0.717) is 17.4 Å². The average molecular weight is 362 g/mol. The molecular formula is C19H26N2O5. The van der Waals surface area contributed by atoms with Crippen LogP contribution in [0, 0.1) is 28.9 Å². The van der Waals surface area contributed by atoms with Gasteiger partial charge in [0, 0.05) is 12.1 Å². The van der Waals surface area contributed by atoms with Gasteiger partial charge in [-0.1, -0.05) is 38.8 Å². The molecule has 1 aliphatic carbocycles. The van der Waals surface area contributed by atoms with E-state index in [1.807, 2.05) is 0 Å². The number of nitro groups is 1. The Morgan fingerprint density at radius 3 is 2.65 bits per heavy atom. The number of nitrogens with zero attached hydrogens (tertiary/aromatic N) is 1. The van der Waals surface area contributed by atoms with Crippen LogP contribution in [0.4, 0.5) is 5.69 Å². The van der Waals surface area contributed by atoms with Crippen molar-refractivity contribution in [2.45, 2.75) is 59.1 Å². The van der Waals surface area contributed by atoms with E-state index in [0.717, 1.165) is 19.3 Å². The largest absolute Gasteiger partial charge is 0.449 e. The summed E-state index contributed by atoms with van der Waals surface area (Å²) in [6.07, 6.45) is 2.09. The van der Waals surface area contributed by atoms with Crippen molar-refractivity contribution >= 4 is 17.6 Å². The van der Waals surface area contributed by atoms with Crippen LogP contribution < -0.4 is 5.32 Å². The van der Waals surface area contributed by atoms with Crippen molar-refractivity contribution in [2.24, 2.45) is 11.8 Å². The number of benzene rings is 1. The Morgan fingerprint density at radius 2 is 2.00 bits per heavy atom. The topological polar surface area (TPSA) is 98.5 Å². The molecule has 0 unspecified atom stereocenters. The van der Waals surface area contributed by atoms with Crippen LogP contribution in [0.5, 0.6) is 0 Å². The van der Waals surface area contributed by atoms with Crippen LogP contribution in [-0.4, -0.2) is 28.9 Å². The van der Waals surface area contributed by atoms with Crippen molar-refractivity contribution in [3.63, 3.8) is 0 Å². The van der Waals surface area contributed by atoms with Gasteiger partial charge in [-0.3, -0.25) is 14.9 Å². The zero-order valence-electron chi connectivity index (χ0n) is 15.7. The quantitative estimate of drug-likeness (QED) is 0.492. The minimum Gasteiger partial charge on any atom is -0.449 e. The number of amides is 1. The summed E-state index contributed by atoms with van der Waals surface area (Å²) in [6.45, 7) is 7.36.